The molecule has 0 radical (unpaired) electrons. The Balaban J connectivity index is 1.45. The lowest BCUT2D eigenvalue weighted by atomic mass is 9.95. The maximum atomic E-state index is 13.4. The van der Waals surface area contributed by atoms with Gasteiger partial charge in [0.15, 0.2) is 6.61 Å². The van der Waals surface area contributed by atoms with Gasteiger partial charge in [0.05, 0.1) is 10.6 Å². The quantitative estimate of drug-likeness (QED) is 0.678. The summed E-state index contributed by atoms with van der Waals surface area (Å²) < 4.78 is 33.7. The monoisotopic (exact) mass is 485 g/mol. The molecule has 2 aliphatic rings. The molecular formula is C25H31N3O5S. The summed E-state index contributed by atoms with van der Waals surface area (Å²) in [6.07, 6.45) is 0.958. The number of ether oxygens (including phenoxy) is 1. The van der Waals surface area contributed by atoms with Gasteiger partial charge in [0.25, 0.3) is 5.91 Å². The van der Waals surface area contributed by atoms with Crippen LogP contribution in [0.15, 0.2) is 47.4 Å². The first kappa shape index (κ1) is 24.2. The number of rotatable bonds is 6. The second-order valence-electron chi connectivity index (χ2n) is 9.17. The van der Waals surface area contributed by atoms with Gasteiger partial charge in [0.2, 0.25) is 15.9 Å². The van der Waals surface area contributed by atoms with Gasteiger partial charge in [-0.2, -0.15) is 4.31 Å². The SMILES string of the molecule is Cc1cc2c(cc1S(=O)(=O)N1CCC(C(=O)N(Cc3ccccc3)C(C)C)CC1)OCC(=O)N2. The fourth-order valence-corrected chi connectivity index (χ4v) is 6.20. The average Bonchev–Trinajstić information content (AvgIpc) is 2.82. The standard InChI is InChI=1S/C25H31N3O5S/c1-17(2)28(15-19-7-5-4-6-8-19)25(30)20-9-11-27(12-10-20)34(31,32)23-14-22-21(13-18(23)3)26-24(29)16-33-22/h4-8,13-14,17,20H,9-12,15-16H2,1-3H3,(H,26,29). The summed E-state index contributed by atoms with van der Waals surface area (Å²) in [7, 11) is -3.76. The lowest BCUT2D eigenvalue weighted by Crippen LogP contribution is -2.46. The number of amides is 2. The lowest BCUT2D eigenvalue weighted by molar-refractivity contribution is -0.139. The Labute approximate surface area is 200 Å². The van der Waals surface area contributed by atoms with Crippen LogP contribution >= 0.6 is 0 Å². The fraction of sp³-hybridized carbons (Fsp3) is 0.440. The number of carbonyl (C=O) groups excluding carboxylic acids is 2. The van der Waals surface area contributed by atoms with Gasteiger partial charge < -0.3 is 15.0 Å². The second-order valence-corrected chi connectivity index (χ2v) is 11.1. The highest BCUT2D eigenvalue weighted by molar-refractivity contribution is 7.89. The zero-order valence-corrected chi connectivity index (χ0v) is 20.6. The van der Waals surface area contributed by atoms with Crippen molar-refractivity contribution in [3.63, 3.8) is 0 Å². The van der Waals surface area contributed by atoms with Crippen LogP contribution in [0.4, 0.5) is 5.69 Å². The smallest absolute Gasteiger partial charge is 0.262 e. The van der Waals surface area contributed by atoms with Crippen molar-refractivity contribution in [2.45, 2.75) is 51.1 Å². The van der Waals surface area contributed by atoms with E-state index in [1.165, 1.54) is 10.4 Å². The molecule has 4 rings (SSSR count). The Hall–Kier alpha value is -2.91. The molecular weight excluding hydrogens is 454 g/mol. The third-order valence-electron chi connectivity index (χ3n) is 6.43. The van der Waals surface area contributed by atoms with E-state index >= 15 is 0 Å². The number of anilines is 1. The average molecular weight is 486 g/mol. The van der Waals surface area contributed by atoms with E-state index in [1.807, 2.05) is 49.1 Å². The molecule has 0 bridgehead atoms. The molecule has 1 N–H and O–H groups in total. The van der Waals surface area contributed by atoms with E-state index in [0.717, 1.165) is 5.56 Å². The first-order chi connectivity index (χ1) is 16.2. The largest absolute Gasteiger partial charge is 0.482 e. The molecule has 2 aliphatic heterocycles. The number of nitrogens with one attached hydrogen (secondary N) is 1. The van der Waals surface area contributed by atoms with Crippen molar-refractivity contribution in [2.75, 3.05) is 25.0 Å². The van der Waals surface area contributed by atoms with Gasteiger partial charge in [-0.1, -0.05) is 30.3 Å². The molecule has 2 aromatic carbocycles. The highest BCUT2D eigenvalue weighted by atomic mass is 32.2. The summed E-state index contributed by atoms with van der Waals surface area (Å²) in [5.41, 5.74) is 2.09. The fourth-order valence-electron chi connectivity index (χ4n) is 4.51. The molecule has 2 amide bonds. The molecule has 0 atom stereocenters. The third kappa shape index (κ3) is 4.95. The van der Waals surface area contributed by atoms with Crippen molar-refractivity contribution in [2.24, 2.45) is 5.92 Å². The molecule has 0 saturated carbocycles. The maximum absolute atomic E-state index is 13.4. The van der Waals surface area contributed by atoms with Crippen LogP contribution in [0.3, 0.4) is 0 Å². The minimum atomic E-state index is -3.76. The second kappa shape index (κ2) is 9.76. The van der Waals surface area contributed by atoms with Crippen molar-refractivity contribution in [1.82, 2.24) is 9.21 Å². The molecule has 8 nitrogen and oxygen atoms in total. The minimum Gasteiger partial charge on any atom is -0.482 e. The summed E-state index contributed by atoms with van der Waals surface area (Å²) in [4.78, 5) is 26.9. The van der Waals surface area contributed by atoms with Crippen molar-refractivity contribution in [3.8, 4) is 5.75 Å². The molecule has 0 aliphatic carbocycles. The molecule has 34 heavy (non-hydrogen) atoms. The van der Waals surface area contributed by atoms with E-state index in [2.05, 4.69) is 5.32 Å². The summed E-state index contributed by atoms with van der Waals surface area (Å²) >= 11 is 0. The maximum Gasteiger partial charge on any atom is 0.262 e. The number of benzene rings is 2. The van der Waals surface area contributed by atoms with Crippen LogP contribution in [0.25, 0.3) is 0 Å². The number of nitrogens with zero attached hydrogens (tertiary/aromatic N) is 2. The summed E-state index contributed by atoms with van der Waals surface area (Å²) in [6.45, 7) is 6.68. The highest BCUT2D eigenvalue weighted by Crippen LogP contribution is 2.35. The van der Waals surface area contributed by atoms with Crippen LogP contribution in [0, 0.1) is 12.8 Å². The number of piperidine rings is 1. The van der Waals surface area contributed by atoms with Crippen LogP contribution in [0.5, 0.6) is 5.75 Å². The predicted octanol–water partition coefficient (Wildman–Crippen LogP) is 3.16. The lowest BCUT2D eigenvalue weighted by Gasteiger charge is -2.35. The van der Waals surface area contributed by atoms with Crippen molar-refractivity contribution in [1.29, 1.82) is 0 Å². The number of carbonyl (C=O) groups is 2. The van der Waals surface area contributed by atoms with Gasteiger partial charge in [0, 0.05) is 37.7 Å². The summed E-state index contributed by atoms with van der Waals surface area (Å²) in [5, 5.41) is 2.70. The van der Waals surface area contributed by atoms with Gasteiger partial charge >= 0.3 is 0 Å². The Bertz CT molecular complexity index is 1170. The van der Waals surface area contributed by atoms with Crippen molar-refractivity contribution < 1.29 is 22.7 Å². The molecule has 2 aromatic rings. The number of aryl methyl sites for hydroxylation is 1. The van der Waals surface area contributed by atoms with Gasteiger partial charge in [-0.05, 0) is 50.8 Å². The molecule has 1 fully saturated rings. The molecule has 9 heteroatoms. The van der Waals surface area contributed by atoms with Gasteiger partial charge in [-0.25, -0.2) is 8.42 Å². The number of fused-ring (bicyclic) bond motifs is 1. The Morgan fingerprint density at radius 3 is 2.50 bits per heavy atom. The number of sulfonamides is 1. The molecule has 0 aromatic heterocycles. The zero-order valence-electron chi connectivity index (χ0n) is 19.8. The Kier molecular flexibility index (Phi) is 6.95. The third-order valence-corrected chi connectivity index (χ3v) is 8.47. The van der Waals surface area contributed by atoms with Gasteiger partial charge in [-0.3, -0.25) is 9.59 Å². The molecule has 0 spiro atoms. The van der Waals surface area contributed by atoms with E-state index in [9.17, 15) is 18.0 Å². The van der Waals surface area contributed by atoms with E-state index in [4.69, 9.17) is 4.74 Å². The first-order valence-corrected chi connectivity index (χ1v) is 13.0. The van der Waals surface area contributed by atoms with Crippen LogP contribution in [-0.2, 0) is 26.2 Å². The minimum absolute atomic E-state index is 0.0492. The molecule has 182 valence electrons. The van der Waals surface area contributed by atoms with Crippen molar-refractivity contribution in [3.05, 3.63) is 53.6 Å². The van der Waals surface area contributed by atoms with E-state index in [-0.39, 0.29) is 48.4 Å². The summed E-state index contributed by atoms with van der Waals surface area (Å²) in [6, 6.07) is 13.0. The van der Waals surface area contributed by atoms with Crippen LogP contribution < -0.4 is 10.1 Å². The highest BCUT2D eigenvalue weighted by Gasteiger charge is 2.35. The summed E-state index contributed by atoms with van der Waals surface area (Å²) in [5.74, 6) is -0.0509. The molecule has 0 unspecified atom stereocenters. The van der Waals surface area contributed by atoms with E-state index in [1.54, 1.807) is 13.0 Å². The van der Waals surface area contributed by atoms with Crippen LogP contribution in [-0.4, -0.2) is 55.2 Å². The van der Waals surface area contributed by atoms with E-state index in [0.29, 0.717) is 36.4 Å². The van der Waals surface area contributed by atoms with Crippen molar-refractivity contribution >= 4 is 27.5 Å². The van der Waals surface area contributed by atoms with Gasteiger partial charge in [-0.15, -0.1) is 0 Å². The van der Waals surface area contributed by atoms with Crippen LogP contribution in [0.2, 0.25) is 0 Å². The number of hydrogen-bond donors (Lipinski definition) is 1. The van der Waals surface area contributed by atoms with Crippen LogP contribution in [0.1, 0.15) is 37.8 Å². The zero-order chi connectivity index (χ0) is 24.5. The first-order valence-electron chi connectivity index (χ1n) is 11.6. The Morgan fingerprint density at radius 2 is 1.85 bits per heavy atom. The van der Waals surface area contributed by atoms with Gasteiger partial charge in [0.1, 0.15) is 5.75 Å². The predicted molar refractivity (Wildman–Crippen MR) is 129 cm³/mol. The number of hydrogen-bond acceptors (Lipinski definition) is 5. The normalized spacial score (nSPS) is 17.1. The Morgan fingerprint density at radius 1 is 1.18 bits per heavy atom. The van der Waals surface area contributed by atoms with E-state index < -0.39 is 10.0 Å². The molecule has 2 heterocycles. The molecule has 1 saturated heterocycles. The topological polar surface area (TPSA) is 96.0 Å².